The van der Waals surface area contributed by atoms with Gasteiger partial charge in [0.2, 0.25) is 0 Å². The van der Waals surface area contributed by atoms with Gasteiger partial charge in [0.25, 0.3) is 0 Å². The molecule has 1 heteroatoms. The lowest BCUT2D eigenvalue weighted by Gasteiger charge is -2.27. The van der Waals surface area contributed by atoms with Gasteiger partial charge >= 0.3 is 0 Å². The summed E-state index contributed by atoms with van der Waals surface area (Å²) in [5.41, 5.74) is 0. The van der Waals surface area contributed by atoms with Crippen molar-refractivity contribution < 1.29 is 0 Å². The summed E-state index contributed by atoms with van der Waals surface area (Å²) < 4.78 is 0. The van der Waals surface area contributed by atoms with Crippen LogP contribution in [-0.2, 0) is 0 Å². The van der Waals surface area contributed by atoms with Crippen LogP contribution in [0.3, 0.4) is 0 Å². The van der Waals surface area contributed by atoms with Gasteiger partial charge in [-0.1, -0.05) is 59.3 Å². The maximum absolute atomic E-state index is 3.58. The van der Waals surface area contributed by atoms with E-state index >= 15 is 0 Å². The molecule has 1 atom stereocenters. The summed E-state index contributed by atoms with van der Waals surface area (Å²) in [6, 6.07) is 0. The highest BCUT2D eigenvalue weighted by Gasteiger charge is 2.26. The van der Waals surface area contributed by atoms with Gasteiger partial charge in [0.1, 0.15) is 0 Å². The summed E-state index contributed by atoms with van der Waals surface area (Å²) in [7, 11) is 0. The monoisotopic (exact) mass is 225 g/mol. The second-order valence-electron chi connectivity index (χ2n) is 5.53. The summed E-state index contributed by atoms with van der Waals surface area (Å²) >= 11 is 0. The Balaban J connectivity index is 2.41. The Kier molecular flexibility index (Phi) is 7.11. The third-order valence-corrected chi connectivity index (χ3v) is 4.51. The molecule has 0 spiro atoms. The van der Waals surface area contributed by atoms with Crippen molar-refractivity contribution in [2.45, 2.75) is 65.7 Å². The molecule has 0 bridgehead atoms. The fourth-order valence-corrected chi connectivity index (χ4v) is 3.25. The minimum atomic E-state index is 0.951. The van der Waals surface area contributed by atoms with E-state index in [2.05, 4.69) is 26.1 Å². The molecular formula is C15H31N. The van der Waals surface area contributed by atoms with Gasteiger partial charge in [-0.3, -0.25) is 0 Å². The van der Waals surface area contributed by atoms with Crippen molar-refractivity contribution in [2.24, 2.45) is 17.8 Å². The molecular weight excluding hydrogens is 194 g/mol. The average molecular weight is 225 g/mol. The van der Waals surface area contributed by atoms with E-state index in [0.717, 1.165) is 24.3 Å². The summed E-state index contributed by atoms with van der Waals surface area (Å²) in [5.74, 6) is 2.94. The molecule has 0 heterocycles. The Morgan fingerprint density at radius 2 is 1.69 bits per heavy atom. The lowest BCUT2D eigenvalue weighted by molar-refractivity contribution is 0.253. The van der Waals surface area contributed by atoms with Crippen molar-refractivity contribution >= 4 is 0 Å². The zero-order chi connectivity index (χ0) is 11.8. The highest BCUT2D eigenvalue weighted by Crippen LogP contribution is 2.35. The minimum absolute atomic E-state index is 0.951. The molecule has 1 N–H and O–H groups in total. The van der Waals surface area contributed by atoms with E-state index in [1.54, 1.807) is 0 Å². The Hall–Kier alpha value is -0.0400. The molecule has 1 unspecified atom stereocenters. The largest absolute Gasteiger partial charge is 0.317 e. The highest BCUT2D eigenvalue weighted by atomic mass is 14.8. The number of hydrogen-bond donors (Lipinski definition) is 1. The smallest absolute Gasteiger partial charge is 0.00179 e. The Labute approximate surface area is 102 Å². The van der Waals surface area contributed by atoms with Crippen LogP contribution in [-0.4, -0.2) is 13.1 Å². The van der Waals surface area contributed by atoms with Crippen molar-refractivity contribution in [2.75, 3.05) is 13.1 Å². The van der Waals surface area contributed by atoms with Crippen LogP contribution in [0, 0.1) is 17.8 Å². The van der Waals surface area contributed by atoms with E-state index in [1.165, 1.54) is 51.5 Å². The topological polar surface area (TPSA) is 12.0 Å². The number of hydrogen-bond acceptors (Lipinski definition) is 1. The summed E-state index contributed by atoms with van der Waals surface area (Å²) in [6.07, 6.45) is 10.2. The molecule has 0 radical (unpaired) electrons. The zero-order valence-corrected chi connectivity index (χ0v) is 11.6. The van der Waals surface area contributed by atoms with E-state index in [4.69, 9.17) is 0 Å². The van der Waals surface area contributed by atoms with Crippen LogP contribution in [0.2, 0.25) is 0 Å². The fourth-order valence-electron chi connectivity index (χ4n) is 3.25. The van der Waals surface area contributed by atoms with Crippen LogP contribution in [0.25, 0.3) is 0 Å². The van der Waals surface area contributed by atoms with Crippen molar-refractivity contribution in [3.8, 4) is 0 Å². The van der Waals surface area contributed by atoms with Crippen LogP contribution < -0.4 is 5.32 Å². The lowest BCUT2D eigenvalue weighted by atomic mass is 9.81. The van der Waals surface area contributed by atoms with Crippen LogP contribution in [0.4, 0.5) is 0 Å². The van der Waals surface area contributed by atoms with Crippen LogP contribution >= 0.6 is 0 Å². The van der Waals surface area contributed by atoms with Gasteiger partial charge in [0.05, 0.1) is 0 Å². The first-order valence-electron chi connectivity index (χ1n) is 7.52. The number of nitrogens with one attached hydrogen (secondary N) is 1. The van der Waals surface area contributed by atoms with E-state index in [-0.39, 0.29) is 0 Å². The molecule has 0 amide bonds. The Morgan fingerprint density at radius 3 is 2.19 bits per heavy atom. The third kappa shape index (κ3) is 4.45. The molecule has 0 aromatic carbocycles. The molecule has 1 aliphatic carbocycles. The second kappa shape index (κ2) is 8.11. The molecule has 1 fully saturated rings. The van der Waals surface area contributed by atoms with Crippen LogP contribution in [0.15, 0.2) is 0 Å². The molecule has 1 saturated carbocycles. The van der Waals surface area contributed by atoms with Gasteiger partial charge in [0.15, 0.2) is 0 Å². The molecule has 0 aliphatic heterocycles. The van der Waals surface area contributed by atoms with Gasteiger partial charge in [-0.2, -0.15) is 0 Å². The maximum atomic E-state index is 3.58. The standard InChI is InChI=1S/C15H31N/c1-4-13(5-2)11-15(12-16-6-3)14-9-7-8-10-14/h13-16H,4-12H2,1-3H3. The van der Waals surface area contributed by atoms with Gasteiger partial charge in [-0.15, -0.1) is 0 Å². The minimum Gasteiger partial charge on any atom is -0.317 e. The first kappa shape index (κ1) is 14.0. The Morgan fingerprint density at radius 1 is 1.06 bits per heavy atom. The van der Waals surface area contributed by atoms with Gasteiger partial charge in [-0.05, 0) is 37.3 Å². The Bertz CT molecular complexity index is 157. The quantitative estimate of drug-likeness (QED) is 0.652. The van der Waals surface area contributed by atoms with Crippen LogP contribution in [0.1, 0.15) is 65.7 Å². The van der Waals surface area contributed by atoms with Crippen molar-refractivity contribution in [1.82, 2.24) is 5.32 Å². The summed E-state index contributed by atoms with van der Waals surface area (Å²) in [6.45, 7) is 9.33. The fraction of sp³-hybridized carbons (Fsp3) is 1.00. The first-order chi connectivity index (χ1) is 7.81. The molecule has 1 rings (SSSR count). The predicted octanol–water partition coefficient (Wildman–Crippen LogP) is 4.23. The molecule has 96 valence electrons. The molecule has 0 aromatic heterocycles. The predicted molar refractivity (Wildman–Crippen MR) is 72.7 cm³/mol. The average Bonchev–Trinajstić information content (AvgIpc) is 2.83. The van der Waals surface area contributed by atoms with E-state index in [0.29, 0.717) is 0 Å². The molecule has 0 aromatic rings. The van der Waals surface area contributed by atoms with Crippen molar-refractivity contribution in [1.29, 1.82) is 0 Å². The number of rotatable bonds is 8. The third-order valence-electron chi connectivity index (χ3n) is 4.51. The summed E-state index contributed by atoms with van der Waals surface area (Å²) in [5, 5.41) is 3.58. The lowest BCUT2D eigenvalue weighted by Crippen LogP contribution is -2.29. The van der Waals surface area contributed by atoms with Crippen LogP contribution in [0.5, 0.6) is 0 Å². The molecule has 1 aliphatic rings. The molecule has 1 nitrogen and oxygen atoms in total. The van der Waals surface area contributed by atoms with Crippen molar-refractivity contribution in [3.05, 3.63) is 0 Å². The van der Waals surface area contributed by atoms with Crippen molar-refractivity contribution in [3.63, 3.8) is 0 Å². The highest BCUT2D eigenvalue weighted by molar-refractivity contribution is 4.78. The van der Waals surface area contributed by atoms with Gasteiger partial charge < -0.3 is 5.32 Å². The SMILES string of the molecule is CCNCC(CC(CC)CC)C1CCCC1. The van der Waals surface area contributed by atoms with Gasteiger partial charge in [-0.25, -0.2) is 0 Å². The van der Waals surface area contributed by atoms with Gasteiger partial charge in [0, 0.05) is 0 Å². The summed E-state index contributed by atoms with van der Waals surface area (Å²) in [4.78, 5) is 0. The van der Waals surface area contributed by atoms with E-state index < -0.39 is 0 Å². The zero-order valence-electron chi connectivity index (χ0n) is 11.6. The first-order valence-corrected chi connectivity index (χ1v) is 7.52. The molecule has 0 saturated heterocycles. The van der Waals surface area contributed by atoms with E-state index in [9.17, 15) is 0 Å². The normalized spacial score (nSPS) is 19.5. The maximum Gasteiger partial charge on any atom is -0.00179 e. The molecule has 16 heavy (non-hydrogen) atoms. The van der Waals surface area contributed by atoms with E-state index in [1.807, 2.05) is 0 Å². The second-order valence-corrected chi connectivity index (χ2v) is 5.53.